The Morgan fingerprint density at radius 3 is 2.65 bits per heavy atom. The van der Waals surface area contributed by atoms with E-state index in [1.165, 1.54) is 12.1 Å². The van der Waals surface area contributed by atoms with Gasteiger partial charge in [-0.1, -0.05) is 12.1 Å². The van der Waals surface area contributed by atoms with Crippen molar-refractivity contribution in [3.8, 4) is 5.75 Å². The summed E-state index contributed by atoms with van der Waals surface area (Å²) in [5.41, 5.74) is 0.139. The fraction of sp³-hybridized carbons (Fsp3) is 0.364. The molecular weight excluding hydrogens is 237 g/mol. The molecule has 6 heteroatoms. The second kappa shape index (κ2) is 5.67. The highest BCUT2D eigenvalue weighted by atomic mass is 19.4. The number of ketones is 1. The first-order valence-corrected chi connectivity index (χ1v) is 4.92. The number of benzene rings is 1. The van der Waals surface area contributed by atoms with Gasteiger partial charge in [0, 0.05) is 18.6 Å². The van der Waals surface area contributed by atoms with Crippen molar-refractivity contribution in [1.29, 1.82) is 0 Å². The number of rotatable bonds is 5. The van der Waals surface area contributed by atoms with Gasteiger partial charge >= 0.3 is 6.36 Å². The van der Waals surface area contributed by atoms with Gasteiger partial charge in [-0.15, -0.1) is 13.2 Å². The van der Waals surface area contributed by atoms with Crippen LogP contribution in [0, 0.1) is 0 Å². The van der Waals surface area contributed by atoms with Crippen LogP contribution in [-0.2, 0) is 0 Å². The summed E-state index contributed by atoms with van der Waals surface area (Å²) in [5.74, 6) is -0.751. The van der Waals surface area contributed by atoms with Crippen LogP contribution in [0.3, 0.4) is 0 Å². The first-order chi connectivity index (χ1) is 7.92. The monoisotopic (exact) mass is 248 g/mol. The van der Waals surface area contributed by atoms with E-state index in [-0.39, 0.29) is 30.8 Å². The smallest absolute Gasteiger partial charge is 0.406 e. The number of Topliss-reactive ketones (excluding diaryl/α,β-unsaturated/α-hetero) is 1. The van der Waals surface area contributed by atoms with Crippen molar-refractivity contribution in [2.45, 2.75) is 19.2 Å². The first-order valence-electron chi connectivity index (χ1n) is 4.92. The minimum atomic E-state index is -4.77. The van der Waals surface area contributed by atoms with Crippen LogP contribution in [-0.4, -0.2) is 23.9 Å². The summed E-state index contributed by atoms with van der Waals surface area (Å²) in [5, 5.41) is 8.54. The van der Waals surface area contributed by atoms with E-state index >= 15 is 0 Å². The average molecular weight is 248 g/mol. The van der Waals surface area contributed by atoms with Gasteiger partial charge in [-0.3, -0.25) is 4.79 Å². The van der Waals surface area contributed by atoms with Gasteiger partial charge in [0.15, 0.2) is 5.78 Å². The van der Waals surface area contributed by atoms with Gasteiger partial charge in [-0.25, -0.2) is 0 Å². The molecule has 0 aliphatic rings. The zero-order valence-corrected chi connectivity index (χ0v) is 8.83. The molecule has 0 unspecified atom stereocenters. The number of aliphatic hydroxyl groups excluding tert-OH is 1. The zero-order chi connectivity index (χ0) is 12.9. The van der Waals surface area contributed by atoms with E-state index in [1.807, 2.05) is 0 Å². The molecule has 1 aromatic carbocycles. The van der Waals surface area contributed by atoms with E-state index < -0.39 is 12.1 Å². The van der Waals surface area contributed by atoms with Gasteiger partial charge < -0.3 is 9.84 Å². The maximum absolute atomic E-state index is 11.9. The Bertz CT molecular complexity index is 388. The molecule has 17 heavy (non-hydrogen) atoms. The van der Waals surface area contributed by atoms with E-state index in [4.69, 9.17) is 5.11 Å². The average Bonchev–Trinajstić information content (AvgIpc) is 2.24. The number of hydrogen-bond donors (Lipinski definition) is 1. The van der Waals surface area contributed by atoms with E-state index in [2.05, 4.69) is 4.74 Å². The molecule has 1 aromatic rings. The Labute approximate surface area is 95.8 Å². The van der Waals surface area contributed by atoms with Gasteiger partial charge in [-0.05, 0) is 18.6 Å². The highest BCUT2D eigenvalue weighted by Gasteiger charge is 2.31. The van der Waals surface area contributed by atoms with Gasteiger partial charge in [-0.2, -0.15) is 0 Å². The molecule has 0 aromatic heterocycles. The Hall–Kier alpha value is -1.56. The molecule has 0 saturated heterocycles. The summed E-state index contributed by atoms with van der Waals surface area (Å²) in [6.45, 7) is -0.134. The molecule has 0 radical (unpaired) electrons. The standard InChI is InChI=1S/C11H11F3O3/c12-11(13,14)17-9-4-1-3-8(7-9)10(16)5-2-6-15/h1,3-4,7,15H,2,5-6H2. The summed E-state index contributed by atoms with van der Waals surface area (Å²) in [6.07, 6.45) is -4.40. The number of ether oxygens (including phenoxy) is 1. The van der Waals surface area contributed by atoms with Crippen molar-refractivity contribution in [2.24, 2.45) is 0 Å². The molecule has 3 nitrogen and oxygen atoms in total. The normalized spacial score (nSPS) is 11.3. The van der Waals surface area contributed by atoms with Crippen LogP contribution in [0.15, 0.2) is 24.3 Å². The summed E-state index contributed by atoms with van der Waals surface area (Å²) in [6, 6.07) is 4.87. The molecule has 1 rings (SSSR count). The number of halogens is 3. The summed E-state index contributed by atoms with van der Waals surface area (Å²) >= 11 is 0. The number of aliphatic hydroxyl groups is 1. The Kier molecular flexibility index (Phi) is 4.51. The van der Waals surface area contributed by atoms with Crippen molar-refractivity contribution in [2.75, 3.05) is 6.61 Å². The van der Waals surface area contributed by atoms with Crippen molar-refractivity contribution in [1.82, 2.24) is 0 Å². The van der Waals surface area contributed by atoms with Gasteiger partial charge in [0.05, 0.1) is 0 Å². The molecule has 0 amide bonds. The second-order valence-corrected chi connectivity index (χ2v) is 3.33. The molecule has 0 heterocycles. The SMILES string of the molecule is O=C(CCCO)c1cccc(OC(F)(F)F)c1. The minimum Gasteiger partial charge on any atom is -0.406 e. The molecule has 0 bridgehead atoms. The van der Waals surface area contributed by atoms with Crippen LogP contribution in [0.2, 0.25) is 0 Å². The maximum Gasteiger partial charge on any atom is 0.573 e. The molecule has 0 spiro atoms. The molecule has 1 N–H and O–H groups in total. The number of hydrogen-bond acceptors (Lipinski definition) is 3. The van der Waals surface area contributed by atoms with E-state index in [0.717, 1.165) is 12.1 Å². The van der Waals surface area contributed by atoms with Crippen molar-refractivity contribution >= 4 is 5.78 Å². The Balaban J connectivity index is 2.75. The van der Waals surface area contributed by atoms with Crippen LogP contribution >= 0.6 is 0 Å². The quantitative estimate of drug-likeness (QED) is 0.814. The fourth-order valence-electron chi connectivity index (χ4n) is 1.25. The summed E-state index contributed by atoms with van der Waals surface area (Å²) in [4.78, 5) is 11.5. The van der Waals surface area contributed by atoms with Crippen LogP contribution in [0.1, 0.15) is 23.2 Å². The molecule has 0 atom stereocenters. The van der Waals surface area contributed by atoms with E-state index in [0.29, 0.717) is 0 Å². The van der Waals surface area contributed by atoms with Crippen molar-refractivity contribution in [3.05, 3.63) is 29.8 Å². The Morgan fingerprint density at radius 1 is 1.35 bits per heavy atom. The van der Waals surface area contributed by atoms with Gasteiger partial charge in [0.1, 0.15) is 5.75 Å². The van der Waals surface area contributed by atoms with Crippen LogP contribution in [0.4, 0.5) is 13.2 Å². The number of alkyl halides is 3. The lowest BCUT2D eigenvalue weighted by molar-refractivity contribution is -0.274. The maximum atomic E-state index is 11.9. The third-order valence-corrected chi connectivity index (χ3v) is 1.95. The van der Waals surface area contributed by atoms with Crippen LogP contribution < -0.4 is 4.74 Å². The topological polar surface area (TPSA) is 46.5 Å². The van der Waals surface area contributed by atoms with Gasteiger partial charge in [0.25, 0.3) is 0 Å². The fourth-order valence-corrected chi connectivity index (χ4v) is 1.25. The molecule has 0 aliphatic carbocycles. The van der Waals surface area contributed by atoms with E-state index in [9.17, 15) is 18.0 Å². The molecule has 0 saturated carbocycles. The summed E-state index contributed by atoms with van der Waals surface area (Å²) < 4.78 is 39.5. The second-order valence-electron chi connectivity index (χ2n) is 3.33. The number of carbonyl (C=O) groups excluding carboxylic acids is 1. The predicted molar refractivity (Wildman–Crippen MR) is 53.8 cm³/mol. The lowest BCUT2D eigenvalue weighted by Gasteiger charge is -2.09. The molecule has 94 valence electrons. The third kappa shape index (κ3) is 4.86. The highest BCUT2D eigenvalue weighted by molar-refractivity contribution is 5.96. The van der Waals surface area contributed by atoms with Crippen LogP contribution in [0.5, 0.6) is 5.75 Å². The Morgan fingerprint density at radius 2 is 2.06 bits per heavy atom. The highest BCUT2D eigenvalue weighted by Crippen LogP contribution is 2.23. The minimum absolute atomic E-state index is 0.0893. The number of carbonyl (C=O) groups is 1. The van der Waals surface area contributed by atoms with Gasteiger partial charge in [0.2, 0.25) is 0 Å². The third-order valence-electron chi connectivity index (χ3n) is 1.95. The lowest BCUT2D eigenvalue weighted by atomic mass is 10.1. The molecule has 0 aliphatic heterocycles. The summed E-state index contributed by atoms with van der Waals surface area (Å²) in [7, 11) is 0. The molecular formula is C11H11F3O3. The van der Waals surface area contributed by atoms with Crippen molar-refractivity contribution < 1.29 is 27.8 Å². The van der Waals surface area contributed by atoms with Crippen molar-refractivity contribution in [3.63, 3.8) is 0 Å². The molecule has 0 fully saturated rings. The largest absolute Gasteiger partial charge is 0.573 e. The van der Waals surface area contributed by atoms with E-state index in [1.54, 1.807) is 0 Å². The zero-order valence-electron chi connectivity index (χ0n) is 8.83. The first kappa shape index (κ1) is 13.5. The predicted octanol–water partition coefficient (Wildman–Crippen LogP) is 2.54. The van der Waals surface area contributed by atoms with Crippen LogP contribution in [0.25, 0.3) is 0 Å². The lowest BCUT2D eigenvalue weighted by Crippen LogP contribution is -2.17.